The normalized spacial score (nSPS) is 13.5. The van der Waals surface area contributed by atoms with Gasteiger partial charge in [0.05, 0.1) is 31.2 Å². The first kappa shape index (κ1) is 22.4. The molecule has 0 saturated carbocycles. The number of carbonyl (C=O) groups is 2. The fraction of sp³-hybridized carbons (Fsp3) is 0.154. The number of benzene rings is 3. The zero-order valence-corrected chi connectivity index (χ0v) is 19.5. The Morgan fingerprint density at radius 2 is 1.64 bits per heavy atom. The van der Waals surface area contributed by atoms with Crippen molar-refractivity contribution in [2.24, 2.45) is 0 Å². The average Bonchev–Trinajstić information content (AvgIpc) is 3.05. The molecular weight excluding hydrogens is 440 g/mol. The molecular formula is C26H23ClN2O4. The summed E-state index contributed by atoms with van der Waals surface area (Å²) in [6, 6.07) is 17.5. The number of carbonyl (C=O) groups excluding carboxylic acids is 2. The summed E-state index contributed by atoms with van der Waals surface area (Å²) in [6.45, 7) is 3.96. The van der Waals surface area contributed by atoms with E-state index in [2.05, 4.69) is 5.32 Å². The Hall–Kier alpha value is -3.77. The van der Waals surface area contributed by atoms with Crippen molar-refractivity contribution in [2.45, 2.75) is 13.8 Å². The SMILES string of the molecule is COc1cccc(N2C(=O)C(Nc3cc(Cl)ccc3OC)=C(c3ccc(C)c(C)c3)C2=O)c1. The molecule has 0 bridgehead atoms. The van der Waals surface area contributed by atoms with Crippen LogP contribution >= 0.6 is 11.6 Å². The molecule has 1 aliphatic rings. The molecule has 168 valence electrons. The molecule has 1 N–H and O–H groups in total. The van der Waals surface area contributed by atoms with E-state index in [0.29, 0.717) is 33.5 Å². The number of halogens is 1. The van der Waals surface area contributed by atoms with Gasteiger partial charge in [-0.25, -0.2) is 4.90 Å². The quantitative estimate of drug-likeness (QED) is 0.499. The minimum atomic E-state index is -0.483. The molecule has 7 heteroatoms. The van der Waals surface area contributed by atoms with Crippen LogP contribution in [0, 0.1) is 13.8 Å². The summed E-state index contributed by atoms with van der Waals surface area (Å²) < 4.78 is 10.7. The van der Waals surface area contributed by atoms with E-state index in [1.807, 2.05) is 32.0 Å². The summed E-state index contributed by atoms with van der Waals surface area (Å²) in [5, 5.41) is 3.59. The number of hydrogen-bond acceptors (Lipinski definition) is 5. The Morgan fingerprint density at radius 3 is 2.33 bits per heavy atom. The monoisotopic (exact) mass is 462 g/mol. The smallest absolute Gasteiger partial charge is 0.282 e. The van der Waals surface area contributed by atoms with Crippen molar-refractivity contribution in [3.8, 4) is 11.5 Å². The summed E-state index contributed by atoms with van der Waals surface area (Å²) in [5.41, 5.74) is 4.06. The van der Waals surface area contributed by atoms with Gasteiger partial charge in [0.1, 0.15) is 17.2 Å². The molecule has 3 aromatic rings. The Labute approximate surface area is 197 Å². The molecule has 0 spiro atoms. The summed E-state index contributed by atoms with van der Waals surface area (Å²) in [6.07, 6.45) is 0. The van der Waals surface area contributed by atoms with Gasteiger partial charge >= 0.3 is 0 Å². The summed E-state index contributed by atoms with van der Waals surface area (Å²) in [4.78, 5) is 28.4. The van der Waals surface area contributed by atoms with Crippen LogP contribution in [0.4, 0.5) is 11.4 Å². The van der Waals surface area contributed by atoms with Crippen molar-refractivity contribution in [1.29, 1.82) is 0 Å². The van der Waals surface area contributed by atoms with Gasteiger partial charge in [0.25, 0.3) is 11.8 Å². The van der Waals surface area contributed by atoms with Gasteiger partial charge in [0, 0.05) is 11.1 Å². The fourth-order valence-electron chi connectivity index (χ4n) is 3.71. The fourth-order valence-corrected chi connectivity index (χ4v) is 3.88. The van der Waals surface area contributed by atoms with Crippen molar-refractivity contribution in [3.05, 3.63) is 88.1 Å². The topological polar surface area (TPSA) is 67.9 Å². The zero-order chi connectivity index (χ0) is 23.7. The first-order valence-corrected chi connectivity index (χ1v) is 10.7. The van der Waals surface area contributed by atoms with E-state index in [-0.39, 0.29) is 11.3 Å². The predicted molar refractivity (Wildman–Crippen MR) is 130 cm³/mol. The third kappa shape index (κ3) is 4.17. The maximum absolute atomic E-state index is 13.6. The molecule has 2 amide bonds. The Bertz CT molecular complexity index is 1300. The van der Waals surface area contributed by atoms with Crippen LogP contribution in [-0.2, 0) is 9.59 Å². The first-order valence-electron chi connectivity index (χ1n) is 10.3. The van der Waals surface area contributed by atoms with E-state index in [4.69, 9.17) is 21.1 Å². The van der Waals surface area contributed by atoms with Crippen LogP contribution in [0.25, 0.3) is 5.57 Å². The van der Waals surface area contributed by atoms with E-state index in [1.165, 1.54) is 14.2 Å². The lowest BCUT2D eigenvalue weighted by molar-refractivity contribution is -0.120. The van der Waals surface area contributed by atoms with E-state index < -0.39 is 11.8 Å². The van der Waals surface area contributed by atoms with Gasteiger partial charge in [-0.3, -0.25) is 9.59 Å². The van der Waals surface area contributed by atoms with Gasteiger partial charge in [-0.15, -0.1) is 0 Å². The van der Waals surface area contributed by atoms with E-state index >= 15 is 0 Å². The third-order valence-electron chi connectivity index (χ3n) is 5.61. The number of methoxy groups -OCH3 is 2. The highest BCUT2D eigenvalue weighted by Gasteiger charge is 2.40. The third-order valence-corrected chi connectivity index (χ3v) is 5.85. The zero-order valence-electron chi connectivity index (χ0n) is 18.7. The maximum Gasteiger partial charge on any atom is 0.282 e. The molecule has 4 rings (SSSR count). The molecule has 0 unspecified atom stereocenters. The summed E-state index contributed by atoms with van der Waals surface area (Å²) in [7, 11) is 3.06. The molecule has 0 saturated heterocycles. The Morgan fingerprint density at radius 1 is 0.848 bits per heavy atom. The van der Waals surface area contributed by atoms with E-state index in [9.17, 15) is 9.59 Å². The molecule has 3 aromatic carbocycles. The average molecular weight is 463 g/mol. The number of nitrogens with one attached hydrogen (secondary N) is 1. The minimum Gasteiger partial charge on any atom is -0.497 e. The lowest BCUT2D eigenvalue weighted by Crippen LogP contribution is -2.32. The van der Waals surface area contributed by atoms with Gasteiger partial charge in [-0.1, -0.05) is 35.9 Å². The van der Waals surface area contributed by atoms with Crippen molar-refractivity contribution >= 4 is 40.4 Å². The molecule has 33 heavy (non-hydrogen) atoms. The second kappa shape index (κ2) is 9.00. The minimum absolute atomic E-state index is 0.145. The van der Waals surface area contributed by atoms with Crippen LogP contribution in [0.5, 0.6) is 11.5 Å². The lowest BCUT2D eigenvalue weighted by atomic mass is 9.99. The molecule has 1 aliphatic heterocycles. The summed E-state index contributed by atoms with van der Waals surface area (Å²) in [5.74, 6) is 0.119. The van der Waals surface area contributed by atoms with Crippen molar-refractivity contribution < 1.29 is 19.1 Å². The van der Waals surface area contributed by atoms with E-state index in [0.717, 1.165) is 16.0 Å². The number of nitrogens with zero attached hydrogens (tertiary/aromatic N) is 1. The molecule has 0 aromatic heterocycles. The van der Waals surface area contributed by atoms with Crippen LogP contribution < -0.4 is 19.7 Å². The van der Waals surface area contributed by atoms with Crippen LogP contribution in [0.1, 0.15) is 16.7 Å². The van der Waals surface area contributed by atoms with Crippen LogP contribution in [0.15, 0.2) is 66.4 Å². The molecule has 0 atom stereocenters. The molecule has 6 nitrogen and oxygen atoms in total. The molecule has 0 radical (unpaired) electrons. The number of rotatable bonds is 6. The lowest BCUT2D eigenvalue weighted by Gasteiger charge is -2.16. The standard InChI is InChI=1S/C26H23ClN2O4/c1-15-8-9-17(12-16(15)2)23-24(28-21-13-18(27)10-11-22(21)33-4)26(31)29(25(23)30)19-6-5-7-20(14-19)32-3/h5-14,28H,1-4H3. The number of hydrogen-bond donors (Lipinski definition) is 1. The van der Waals surface area contributed by atoms with Crippen molar-refractivity contribution in [3.63, 3.8) is 0 Å². The maximum atomic E-state index is 13.6. The largest absolute Gasteiger partial charge is 0.497 e. The highest BCUT2D eigenvalue weighted by Crippen LogP contribution is 2.37. The number of amides is 2. The second-order valence-corrected chi connectivity index (χ2v) is 8.10. The second-order valence-electron chi connectivity index (χ2n) is 7.67. The number of anilines is 2. The first-order chi connectivity index (χ1) is 15.8. The molecule has 1 heterocycles. The number of imide groups is 1. The summed E-state index contributed by atoms with van der Waals surface area (Å²) >= 11 is 6.19. The van der Waals surface area contributed by atoms with Gasteiger partial charge in [-0.2, -0.15) is 0 Å². The Balaban J connectivity index is 1.87. The molecule has 0 fully saturated rings. The van der Waals surface area contributed by atoms with Gasteiger partial charge in [0.15, 0.2) is 0 Å². The van der Waals surface area contributed by atoms with Crippen LogP contribution in [0.3, 0.4) is 0 Å². The van der Waals surface area contributed by atoms with Gasteiger partial charge in [-0.05, 0) is 60.9 Å². The predicted octanol–water partition coefficient (Wildman–Crippen LogP) is 5.37. The van der Waals surface area contributed by atoms with Crippen molar-refractivity contribution in [2.75, 3.05) is 24.4 Å². The van der Waals surface area contributed by atoms with Crippen LogP contribution in [0.2, 0.25) is 5.02 Å². The number of ether oxygens (including phenoxy) is 2. The molecule has 0 aliphatic carbocycles. The van der Waals surface area contributed by atoms with Gasteiger partial charge < -0.3 is 14.8 Å². The number of aryl methyl sites for hydroxylation is 2. The highest BCUT2D eigenvalue weighted by molar-refractivity contribution is 6.46. The highest BCUT2D eigenvalue weighted by atomic mass is 35.5. The van der Waals surface area contributed by atoms with Crippen LogP contribution in [-0.4, -0.2) is 26.0 Å². The van der Waals surface area contributed by atoms with E-state index in [1.54, 1.807) is 42.5 Å². The van der Waals surface area contributed by atoms with Crippen molar-refractivity contribution in [1.82, 2.24) is 0 Å². The Kier molecular flexibility index (Phi) is 6.11. The van der Waals surface area contributed by atoms with Gasteiger partial charge in [0.2, 0.25) is 0 Å².